The van der Waals surface area contributed by atoms with Crippen LogP contribution in [0.15, 0.2) is 48.8 Å². The van der Waals surface area contributed by atoms with Crippen LogP contribution in [0.2, 0.25) is 0 Å². The molecule has 1 heterocycles. The minimum Gasteiger partial charge on any atom is -0.489 e. The van der Waals surface area contributed by atoms with Crippen molar-refractivity contribution >= 4 is 11.9 Å². The lowest BCUT2D eigenvalue weighted by Crippen LogP contribution is -2.43. The summed E-state index contributed by atoms with van der Waals surface area (Å²) in [4.78, 5) is 27.2. The molecule has 24 heavy (non-hydrogen) atoms. The summed E-state index contributed by atoms with van der Waals surface area (Å²) in [6.45, 7) is 0.394. The zero-order valence-corrected chi connectivity index (χ0v) is 13.1. The first-order valence-corrected chi connectivity index (χ1v) is 7.72. The number of aromatic nitrogens is 1. The molecule has 1 aromatic heterocycles. The molecule has 0 radical (unpaired) electrons. The summed E-state index contributed by atoms with van der Waals surface area (Å²) >= 11 is 0. The predicted molar refractivity (Wildman–Crippen MR) is 86.5 cm³/mol. The molecule has 6 heteroatoms. The molecule has 2 N–H and O–H groups in total. The van der Waals surface area contributed by atoms with Crippen molar-refractivity contribution < 1.29 is 19.4 Å². The lowest BCUT2D eigenvalue weighted by Gasteiger charge is -2.13. The number of carboxylic acid groups (broad SMARTS) is 1. The second-order valence-corrected chi connectivity index (χ2v) is 5.91. The smallest absolute Gasteiger partial charge is 0.329 e. The Morgan fingerprint density at radius 1 is 1.21 bits per heavy atom. The normalized spacial score (nSPS) is 14.7. The van der Waals surface area contributed by atoms with Gasteiger partial charge in [-0.25, -0.2) is 4.79 Å². The zero-order valence-electron chi connectivity index (χ0n) is 13.1. The van der Waals surface area contributed by atoms with Crippen LogP contribution in [0.25, 0.3) is 0 Å². The van der Waals surface area contributed by atoms with Crippen LogP contribution in [-0.4, -0.2) is 27.5 Å². The van der Waals surface area contributed by atoms with E-state index in [0.29, 0.717) is 25.2 Å². The van der Waals surface area contributed by atoms with Gasteiger partial charge in [-0.1, -0.05) is 18.2 Å². The molecule has 0 aliphatic heterocycles. The van der Waals surface area contributed by atoms with Gasteiger partial charge in [0.25, 0.3) is 0 Å². The van der Waals surface area contributed by atoms with Gasteiger partial charge < -0.3 is 15.2 Å². The fraction of sp³-hybridized carbons (Fsp3) is 0.278. The highest BCUT2D eigenvalue weighted by Gasteiger charge is 2.51. The summed E-state index contributed by atoms with van der Waals surface area (Å²) in [6.07, 6.45) is 4.54. The molecule has 0 spiro atoms. The number of benzene rings is 1. The van der Waals surface area contributed by atoms with E-state index in [9.17, 15) is 9.59 Å². The van der Waals surface area contributed by atoms with Gasteiger partial charge in [-0.15, -0.1) is 0 Å². The van der Waals surface area contributed by atoms with Crippen molar-refractivity contribution in [2.75, 3.05) is 0 Å². The zero-order chi connectivity index (χ0) is 17.0. The van der Waals surface area contributed by atoms with Crippen molar-refractivity contribution in [3.05, 3.63) is 59.9 Å². The molecular formula is C18H18N2O4. The first-order valence-electron chi connectivity index (χ1n) is 7.72. The maximum atomic E-state index is 12.0. The maximum absolute atomic E-state index is 12.0. The van der Waals surface area contributed by atoms with E-state index in [1.165, 1.54) is 0 Å². The number of carbonyl (C=O) groups excluding carboxylic acids is 1. The first-order chi connectivity index (χ1) is 11.6. The van der Waals surface area contributed by atoms with Crippen LogP contribution in [0.5, 0.6) is 5.75 Å². The molecule has 1 aromatic carbocycles. The molecule has 1 amide bonds. The average Bonchev–Trinajstić information content (AvgIpc) is 3.35. The van der Waals surface area contributed by atoms with Crippen LogP contribution in [0.4, 0.5) is 0 Å². The van der Waals surface area contributed by atoms with Gasteiger partial charge in [0, 0.05) is 18.0 Å². The van der Waals surface area contributed by atoms with Crippen molar-refractivity contribution in [3.8, 4) is 5.75 Å². The highest BCUT2D eigenvalue weighted by molar-refractivity contribution is 5.90. The number of rotatable bonds is 7. The summed E-state index contributed by atoms with van der Waals surface area (Å²) in [6, 6.07) is 11.0. The monoisotopic (exact) mass is 326 g/mol. The van der Waals surface area contributed by atoms with Gasteiger partial charge in [-0.05, 0) is 36.6 Å². The van der Waals surface area contributed by atoms with Crippen LogP contribution in [-0.2, 0) is 22.6 Å². The van der Waals surface area contributed by atoms with Crippen LogP contribution in [0.3, 0.4) is 0 Å². The highest BCUT2D eigenvalue weighted by Crippen LogP contribution is 2.35. The molecule has 2 aromatic rings. The van der Waals surface area contributed by atoms with E-state index < -0.39 is 11.5 Å². The number of hydrogen-bond donors (Lipinski definition) is 2. The van der Waals surface area contributed by atoms with E-state index in [4.69, 9.17) is 9.84 Å². The number of nitrogens with one attached hydrogen (secondary N) is 1. The lowest BCUT2D eigenvalue weighted by atomic mass is 10.1. The van der Waals surface area contributed by atoms with Crippen molar-refractivity contribution in [1.29, 1.82) is 0 Å². The average molecular weight is 326 g/mol. The summed E-state index contributed by atoms with van der Waals surface area (Å²) in [5, 5.41) is 11.7. The number of ether oxygens (including phenoxy) is 1. The standard InChI is InChI=1S/C18H18N2O4/c21-16(20-18(6-7-18)17(22)23)10-13-3-1-5-15(9-13)24-12-14-4-2-8-19-11-14/h1-5,8-9,11H,6-7,10,12H2,(H,20,21)(H,22,23). The van der Waals surface area contributed by atoms with Gasteiger partial charge in [-0.3, -0.25) is 9.78 Å². The number of amides is 1. The third-order valence-corrected chi connectivity index (χ3v) is 3.93. The minimum atomic E-state index is -1.05. The Kier molecular flexibility index (Phi) is 4.46. The van der Waals surface area contributed by atoms with E-state index in [-0.39, 0.29) is 12.3 Å². The van der Waals surface area contributed by atoms with Gasteiger partial charge in [0.15, 0.2) is 0 Å². The first kappa shape index (κ1) is 16.0. The molecule has 0 bridgehead atoms. The van der Waals surface area contributed by atoms with Crippen LogP contribution >= 0.6 is 0 Å². The highest BCUT2D eigenvalue weighted by atomic mass is 16.5. The van der Waals surface area contributed by atoms with Gasteiger partial charge in [0.1, 0.15) is 17.9 Å². The largest absolute Gasteiger partial charge is 0.489 e. The molecule has 0 atom stereocenters. The van der Waals surface area contributed by atoms with Crippen molar-refractivity contribution in [1.82, 2.24) is 10.3 Å². The third-order valence-electron chi connectivity index (χ3n) is 3.93. The van der Waals surface area contributed by atoms with E-state index in [0.717, 1.165) is 11.1 Å². The van der Waals surface area contributed by atoms with Crippen LogP contribution in [0, 0.1) is 0 Å². The quantitative estimate of drug-likeness (QED) is 0.812. The van der Waals surface area contributed by atoms with Crippen LogP contribution < -0.4 is 10.1 Å². The number of nitrogens with zero attached hydrogens (tertiary/aromatic N) is 1. The number of hydrogen-bond acceptors (Lipinski definition) is 4. The second-order valence-electron chi connectivity index (χ2n) is 5.91. The second kappa shape index (κ2) is 6.70. The summed E-state index contributed by atoms with van der Waals surface area (Å²) < 4.78 is 5.70. The molecule has 124 valence electrons. The minimum absolute atomic E-state index is 0.124. The Balaban J connectivity index is 1.57. The third kappa shape index (κ3) is 3.90. The number of carbonyl (C=O) groups is 2. The Bertz CT molecular complexity index is 742. The van der Waals surface area contributed by atoms with Gasteiger partial charge in [-0.2, -0.15) is 0 Å². The molecular weight excluding hydrogens is 308 g/mol. The van der Waals surface area contributed by atoms with Crippen LogP contribution in [0.1, 0.15) is 24.0 Å². The van der Waals surface area contributed by atoms with Crippen molar-refractivity contribution in [2.24, 2.45) is 0 Å². The maximum Gasteiger partial charge on any atom is 0.329 e. The lowest BCUT2D eigenvalue weighted by molar-refractivity contribution is -0.143. The molecule has 1 fully saturated rings. The molecule has 0 unspecified atom stereocenters. The Morgan fingerprint density at radius 2 is 2.00 bits per heavy atom. The Hall–Kier alpha value is -2.89. The molecule has 3 rings (SSSR count). The van der Waals surface area contributed by atoms with E-state index >= 15 is 0 Å². The molecule has 0 saturated heterocycles. The summed E-state index contributed by atoms with van der Waals surface area (Å²) in [7, 11) is 0. The predicted octanol–water partition coefficient (Wildman–Crippen LogP) is 1.94. The summed E-state index contributed by atoms with van der Waals surface area (Å²) in [5.41, 5.74) is 0.682. The SMILES string of the molecule is O=C(Cc1cccc(OCc2cccnc2)c1)NC1(C(=O)O)CC1. The molecule has 1 aliphatic carbocycles. The van der Waals surface area contributed by atoms with Gasteiger partial charge >= 0.3 is 5.97 Å². The fourth-order valence-electron chi connectivity index (χ4n) is 2.41. The fourth-order valence-corrected chi connectivity index (χ4v) is 2.41. The van der Waals surface area contributed by atoms with Crippen molar-refractivity contribution in [3.63, 3.8) is 0 Å². The van der Waals surface area contributed by atoms with Gasteiger partial charge in [0.05, 0.1) is 6.42 Å². The van der Waals surface area contributed by atoms with Crippen molar-refractivity contribution in [2.45, 2.75) is 31.4 Å². The topological polar surface area (TPSA) is 88.5 Å². The number of pyridine rings is 1. The number of carboxylic acids is 1. The van der Waals surface area contributed by atoms with Gasteiger partial charge in [0.2, 0.25) is 5.91 Å². The van der Waals surface area contributed by atoms with E-state index in [1.807, 2.05) is 30.3 Å². The summed E-state index contributed by atoms with van der Waals surface area (Å²) in [5.74, 6) is -0.604. The Labute approximate surface area is 139 Å². The van der Waals surface area contributed by atoms with E-state index in [2.05, 4.69) is 10.3 Å². The molecule has 1 aliphatic rings. The number of aliphatic carboxylic acids is 1. The molecule has 6 nitrogen and oxygen atoms in total. The molecule has 1 saturated carbocycles. The van der Waals surface area contributed by atoms with E-state index in [1.54, 1.807) is 18.5 Å². The Morgan fingerprint density at radius 3 is 2.67 bits per heavy atom.